The first-order valence-electron chi connectivity index (χ1n) is 10.3. The van der Waals surface area contributed by atoms with E-state index in [4.69, 9.17) is 9.47 Å². The Labute approximate surface area is 193 Å². The Bertz CT molecular complexity index is 1370. The molecule has 1 aliphatic heterocycles. The van der Waals surface area contributed by atoms with E-state index in [0.717, 1.165) is 0 Å². The van der Waals surface area contributed by atoms with Crippen molar-refractivity contribution in [2.24, 2.45) is 0 Å². The molecule has 3 aromatic carbocycles. The Hall–Kier alpha value is -3.91. The number of nitrogens with one attached hydrogen (secondary N) is 2. The zero-order chi connectivity index (χ0) is 22.9. The Morgan fingerprint density at radius 3 is 2.79 bits per heavy atom. The van der Waals surface area contributed by atoms with Crippen LogP contribution in [0.2, 0.25) is 0 Å². The number of ether oxygens (including phenoxy) is 2. The van der Waals surface area contributed by atoms with E-state index in [1.807, 2.05) is 18.2 Å². The fraction of sp³-hybridized carbons (Fsp3) is 0.120. The molecule has 0 fully saturated rings. The maximum absolute atomic E-state index is 14.7. The summed E-state index contributed by atoms with van der Waals surface area (Å²) >= 11 is 1.20. The fourth-order valence-corrected chi connectivity index (χ4v) is 4.75. The van der Waals surface area contributed by atoms with Crippen molar-refractivity contribution in [1.82, 2.24) is 0 Å². The molecule has 0 aliphatic carbocycles. The van der Waals surface area contributed by atoms with E-state index in [1.54, 1.807) is 49.4 Å². The van der Waals surface area contributed by atoms with Crippen molar-refractivity contribution >= 4 is 44.6 Å². The molecule has 6 nitrogen and oxygen atoms in total. The van der Waals surface area contributed by atoms with Crippen LogP contribution < -0.4 is 20.1 Å². The van der Waals surface area contributed by atoms with Gasteiger partial charge >= 0.3 is 0 Å². The third-order valence-electron chi connectivity index (χ3n) is 5.26. The smallest absolute Gasteiger partial charge is 0.266 e. The van der Waals surface area contributed by atoms with Gasteiger partial charge in [-0.2, -0.15) is 0 Å². The minimum absolute atomic E-state index is 0.0413. The van der Waals surface area contributed by atoms with Gasteiger partial charge in [-0.3, -0.25) is 9.59 Å². The van der Waals surface area contributed by atoms with Gasteiger partial charge in [0.25, 0.3) is 11.8 Å². The lowest BCUT2D eigenvalue weighted by molar-refractivity contribution is -0.122. The first kappa shape index (κ1) is 21.0. The van der Waals surface area contributed by atoms with Crippen molar-refractivity contribution in [2.75, 3.05) is 10.6 Å². The largest absolute Gasteiger partial charge is 0.489 e. The molecule has 0 spiro atoms. The molecule has 8 heteroatoms. The average molecular weight is 463 g/mol. The van der Waals surface area contributed by atoms with E-state index in [0.29, 0.717) is 43.4 Å². The fourth-order valence-electron chi connectivity index (χ4n) is 3.64. The Morgan fingerprint density at radius 2 is 1.97 bits per heavy atom. The van der Waals surface area contributed by atoms with Crippen LogP contribution in [0.25, 0.3) is 10.1 Å². The van der Waals surface area contributed by atoms with Crippen molar-refractivity contribution < 1.29 is 23.5 Å². The van der Waals surface area contributed by atoms with E-state index in [1.165, 1.54) is 17.4 Å². The maximum atomic E-state index is 14.7. The molecule has 1 aliphatic rings. The van der Waals surface area contributed by atoms with Crippen LogP contribution in [0.3, 0.4) is 0 Å². The van der Waals surface area contributed by atoms with Crippen LogP contribution >= 0.6 is 11.3 Å². The summed E-state index contributed by atoms with van der Waals surface area (Å²) in [4.78, 5) is 25.5. The number of para-hydroxylation sites is 1. The van der Waals surface area contributed by atoms with Gasteiger partial charge in [0.05, 0.1) is 5.69 Å². The summed E-state index contributed by atoms with van der Waals surface area (Å²) in [6.07, 6.45) is -0.585. The van der Waals surface area contributed by atoms with Crippen LogP contribution in [0, 0.1) is 5.82 Å². The van der Waals surface area contributed by atoms with E-state index in [9.17, 15) is 14.0 Å². The molecule has 0 radical (unpaired) electrons. The van der Waals surface area contributed by atoms with Crippen molar-refractivity contribution in [3.05, 3.63) is 83.0 Å². The Balaban J connectivity index is 1.45. The standard InChI is InChI=1S/C25H19FN2O4S/c1-14-24(29)28-19-12-15(10-11-20(19)32-14)27-25(30)23-17(13-31-16-6-3-2-4-7-16)22-18(26)8-5-9-21(22)33-23/h2-12,14H,13H2,1H3,(H,27,30)(H,28,29). The third kappa shape index (κ3) is 4.12. The zero-order valence-electron chi connectivity index (χ0n) is 17.6. The van der Waals surface area contributed by atoms with E-state index < -0.39 is 17.8 Å². The van der Waals surface area contributed by atoms with Crippen molar-refractivity contribution in [3.8, 4) is 11.5 Å². The normalized spacial score (nSPS) is 14.8. The lowest BCUT2D eigenvalue weighted by atomic mass is 10.1. The Morgan fingerprint density at radius 1 is 1.15 bits per heavy atom. The number of carbonyl (C=O) groups is 2. The highest BCUT2D eigenvalue weighted by Crippen LogP contribution is 2.36. The topological polar surface area (TPSA) is 76.7 Å². The molecule has 166 valence electrons. The van der Waals surface area contributed by atoms with Crippen molar-refractivity contribution in [3.63, 3.8) is 0 Å². The van der Waals surface area contributed by atoms with Crippen LogP contribution in [-0.4, -0.2) is 17.9 Å². The van der Waals surface area contributed by atoms with Crippen molar-refractivity contribution in [2.45, 2.75) is 19.6 Å². The molecular formula is C25H19FN2O4S. The third-order valence-corrected chi connectivity index (χ3v) is 6.46. The number of hydrogen-bond donors (Lipinski definition) is 2. The number of rotatable bonds is 5. The number of benzene rings is 3. The molecule has 2 N–H and O–H groups in total. The van der Waals surface area contributed by atoms with Gasteiger partial charge in [-0.15, -0.1) is 11.3 Å². The molecule has 2 heterocycles. The quantitative estimate of drug-likeness (QED) is 0.405. The number of halogens is 1. The molecule has 1 aromatic heterocycles. The predicted octanol–water partition coefficient (Wildman–Crippen LogP) is 5.59. The monoisotopic (exact) mass is 462 g/mol. The molecule has 2 amide bonds. The molecule has 0 bridgehead atoms. The van der Waals surface area contributed by atoms with Crippen LogP contribution in [0.4, 0.5) is 15.8 Å². The number of thiophene rings is 1. The summed E-state index contributed by atoms with van der Waals surface area (Å²) in [5, 5.41) is 5.98. The average Bonchev–Trinajstić information content (AvgIpc) is 3.19. The van der Waals surface area contributed by atoms with Gasteiger partial charge in [-0.05, 0) is 49.4 Å². The molecule has 0 saturated heterocycles. The second kappa shape index (κ2) is 8.55. The number of fused-ring (bicyclic) bond motifs is 2. The summed E-state index contributed by atoms with van der Waals surface area (Å²) in [5.41, 5.74) is 1.44. The van der Waals surface area contributed by atoms with Gasteiger partial charge in [0.1, 0.15) is 28.8 Å². The predicted molar refractivity (Wildman–Crippen MR) is 126 cm³/mol. The minimum atomic E-state index is -0.585. The van der Waals surface area contributed by atoms with Gasteiger partial charge in [-0.1, -0.05) is 24.3 Å². The highest BCUT2D eigenvalue weighted by atomic mass is 32.1. The summed E-state index contributed by atoms with van der Waals surface area (Å²) in [6, 6.07) is 18.9. The highest BCUT2D eigenvalue weighted by molar-refractivity contribution is 7.21. The van der Waals surface area contributed by atoms with Crippen LogP contribution in [-0.2, 0) is 11.4 Å². The molecule has 33 heavy (non-hydrogen) atoms. The summed E-state index contributed by atoms with van der Waals surface area (Å²) in [5.74, 6) is 0.0994. The second-order valence-electron chi connectivity index (χ2n) is 7.54. The van der Waals surface area contributed by atoms with Gasteiger partial charge in [-0.25, -0.2) is 4.39 Å². The highest BCUT2D eigenvalue weighted by Gasteiger charge is 2.25. The van der Waals surface area contributed by atoms with Gasteiger partial charge in [0.15, 0.2) is 6.10 Å². The Kier molecular flexibility index (Phi) is 5.43. The molecule has 4 aromatic rings. The molecule has 1 unspecified atom stereocenters. The first-order valence-corrected chi connectivity index (χ1v) is 11.1. The van der Waals surface area contributed by atoms with Gasteiger partial charge in [0, 0.05) is 21.3 Å². The number of carbonyl (C=O) groups excluding carboxylic acids is 2. The minimum Gasteiger partial charge on any atom is -0.489 e. The lowest BCUT2D eigenvalue weighted by Crippen LogP contribution is -2.34. The zero-order valence-corrected chi connectivity index (χ0v) is 18.4. The SMILES string of the molecule is CC1Oc2ccc(NC(=O)c3sc4cccc(F)c4c3COc3ccccc3)cc2NC1=O. The van der Waals surface area contributed by atoms with Crippen LogP contribution in [0.15, 0.2) is 66.7 Å². The van der Waals surface area contributed by atoms with Gasteiger partial charge in [0.2, 0.25) is 0 Å². The first-order chi connectivity index (χ1) is 16.0. The summed E-state index contributed by atoms with van der Waals surface area (Å²) < 4.78 is 26.8. The molecule has 1 atom stereocenters. The van der Waals surface area contributed by atoms with Crippen LogP contribution in [0.1, 0.15) is 22.2 Å². The van der Waals surface area contributed by atoms with E-state index in [2.05, 4.69) is 10.6 Å². The van der Waals surface area contributed by atoms with Crippen molar-refractivity contribution in [1.29, 1.82) is 0 Å². The van der Waals surface area contributed by atoms with Gasteiger partial charge < -0.3 is 20.1 Å². The number of hydrogen-bond acceptors (Lipinski definition) is 5. The maximum Gasteiger partial charge on any atom is 0.266 e. The molecular weight excluding hydrogens is 443 g/mol. The van der Waals surface area contributed by atoms with Crippen LogP contribution in [0.5, 0.6) is 11.5 Å². The van der Waals surface area contributed by atoms with E-state index >= 15 is 0 Å². The molecule has 5 rings (SSSR count). The second-order valence-corrected chi connectivity index (χ2v) is 8.59. The molecule has 0 saturated carbocycles. The van der Waals surface area contributed by atoms with E-state index in [-0.39, 0.29) is 12.5 Å². The summed E-state index contributed by atoms with van der Waals surface area (Å²) in [6.45, 7) is 1.70. The summed E-state index contributed by atoms with van der Waals surface area (Å²) in [7, 11) is 0. The number of amides is 2. The number of anilines is 2. The lowest BCUT2D eigenvalue weighted by Gasteiger charge is -2.23.